The average Bonchev–Trinajstić information content (AvgIpc) is 3.56. The van der Waals surface area contributed by atoms with Gasteiger partial charge in [0.05, 0.1) is 11.1 Å². The van der Waals surface area contributed by atoms with E-state index in [1.807, 2.05) is 0 Å². The molecular weight excluding hydrogens is 700 g/mol. The predicted octanol–water partition coefficient (Wildman–Crippen LogP) is 9.63. The maximum absolute atomic E-state index is 15.1. The minimum absolute atomic E-state index is 0.0307. The Balaban J connectivity index is 2.02. The van der Waals surface area contributed by atoms with E-state index in [1.165, 1.54) is 36.4 Å². The third kappa shape index (κ3) is 6.78. The SMILES string of the molecule is [C-]#[N+]C([N+]#[C-])=C1Cc2c(-c3ccc(SC(F)(F)F)cc3)c3c(c(-c4ccc(SC(F)(F)F)cc4)c2=C1C)CC(=C(C#N)C#N)C=3C(F)(F)F. The Hall–Kier alpha value is -5.09. The highest BCUT2D eigenvalue weighted by Gasteiger charge is 2.44. The molecule has 15 heteroatoms. The lowest BCUT2D eigenvalue weighted by Gasteiger charge is -2.18. The lowest BCUT2D eigenvalue weighted by molar-refractivity contribution is -0.0695. The standard InChI is InChI=1S/C34H15F9N4S2/c1-16-22(31(46-2)47-3)12-24-26(16)27(17-4-8-20(9-5-17)48-33(38,39)40)25-13-23(19(14-44)15-45)30(32(35,36)37)29(25)28(24)18-6-10-21(11-7-18)49-34(41,42)43/h4-11H,12-13H2,1H3. The summed E-state index contributed by atoms with van der Waals surface area (Å²) in [5, 5.41) is 19.2. The first-order valence-corrected chi connectivity index (χ1v) is 15.3. The molecule has 0 aromatic heterocycles. The smallest absolute Gasteiger partial charge is 0.192 e. The Morgan fingerprint density at radius 3 is 1.47 bits per heavy atom. The second-order valence-corrected chi connectivity index (χ2v) is 12.8. The Bertz CT molecular complexity index is 2240. The topological polar surface area (TPSA) is 56.3 Å². The van der Waals surface area contributed by atoms with Crippen LogP contribution in [0.1, 0.15) is 18.1 Å². The summed E-state index contributed by atoms with van der Waals surface area (Å²) in [6, 6.07) is 12.5. The molecule has 3 aromatic rings. The minimum Gasteiger partial charge on any atom is -0.192 e. The van der Waals surface area contributed by atoms with Crippen LogP contribution in [0.2, 0.25) is 0 Å². The van der Waals surface area contributed by atoms with Crippen molar-refractivity contribution in [3.63, 3.8) is 0 Å². The summed E-state index contributed by atoms with van der Waals surface area (Å²) in [5.41, 5.74) is -11.1. The Kier molecular flexibility index (Phi) is 9.16. The molecule has 0 fully saturated rings. The summed E-state index contributed by atoms with van der Waals surface area (Å²) in [7, 11) is 0. The summed E-state index contributed by atoms with van der Waals surface area (Å²) in [6.07, 6.45) is -5.99. The molecule has 0 unspecified atom stereocenters. The molecule has 0 saturated carbocycles. The molecule has 5 rings (SSSR count). The van der Waals surface area contributed by atoms with Crippen molar-refractivity contribution in [1.29, 1.82) is 10.5 Å². The van der Waals surface area contributed by atoms with Gasteiger partial charge >= 0.3 is 23.0 Å². The zero-order valence-corrected chi connectivity index (χ0v) is 26.2. The van der Waals surface area contributed by atoms with Crippen LogP contribution >= 0.6 is 23.5 Å². The van der Waals surface area contributed by atoms with Gasteiger partial charge in [0.15, 0.2) is 0 Å². The number of benzene rings is 3. The van der Waals surface area contributed by atoms with E-state index in [0.717, 1.165) is 24.3 Å². The number of nitrogens with zero attached hydrogens (tertiary/aromatic N) is 4. The highest BCUT2D eigenvalue weighted by Crippen LogP contribution is 2.45. The molecule has 0 N–H and O–H groups in total. The van der Waals surface area contributed by atoms with Crippen LogP contribution in [-0.2, 0) is 12.8 Å². The molecule has 2 aliphatic carbocycles. The summed E-state index contributed by atoms with van der Waals surface area (Å²) < 4.78 is 124. The zero-order chi connectivity index (χ0) is 36.1. The van der Waals surface area contributed by atoms with Crippen LogP contribution in [-0.4, -0.2) is 17.2 Å². The fourth-order valence-corrected chi connectivity index (χ4v) is 7.23. The van der Waals surface area contributed by atoms with Gasteiger partial charge in [-0.05, 0) is 116 Å². The number of thioether (sulfide) groups is 2. The van der Waals surface area contributed by atoms with Crippen LogP contribution in [0.15, 0.2) is 80.9 Å². The van der Waals surface area contributed by atoms with Gasteiger partial charge in [-0.3, -0.25) is 0 Å². The highest BCUT2D eigenvalue weighted by atomic mass is 32.2. The van der Waals surface area contributed by atoms with Gasteiger partial charge in [0.25, 0.3) is 0 Å². The first kappa shape index (κ1) is 35.2. The van der Waals surface area contributed by atoms with Gasteiger partial charge in [-0.1, -0.05) is 24.3 Å². The van der Waals surface area contributed by atoms with E-state index in [-0.39, 0.29) is 66.2 Å². The molecule has 0 spiro atoms. The van der Waals surface area contributed by atoms with E-state index in [2.05, 4.69) is 9.69 Å². The van der Waals surface area contributed by atoms with Gasteiger partial charge in [0.1, 0.15) is 30.9 Å². The lowest BCUT2D eigenvalue weighted by atomic mass is 9.86. The number of alkyl halides is 9. The Labute approximate surface area is 280 Å². The number of allylic oxidation sites excluding steroid dienone is 3. The fourth-order valence-electron chi connectivity index (χ4n) is 6.15. The molecular formula is C34H15F9N4S2. The first-order chi connectivity index (χ1) is 22.9. The van der Waals surface area contributed by atoms with E-state index < -0.39 is 69.1 Å². The fraction of sp³-hybridized carbons (Fsp3) is 0.176. The lowest BCUT2D eigenvalue weighted by Crippen LogP contribution is -2.27. The first-order valence-electron chi connectivity index (χ1n) is 13.7. The third-order valence-electron chi connectivity index (χ3n) is 7.84. The van der Waals surface area contributed by atoms with Crippen molar-refractivity contribution >= 4 is 34.7 Å². The molecule has 49 heavy (non-hydrogen) atoms. The molecule has 0 atom stereocenters. The minimum atomic E-state index is -5.16. The molecule has 0 saturated heterocycles. The summed E-state index contributed by atoms with van der Waals surface area (Å²) in [4.78, 5) is 6.10. The van der Waals surface area contributed by atoms with Crippen LogP contribution < -0.4 is 10.4 Å². The van der Waals surface area contributed by atoms with E-state index in [1.54, 1.807) is 6.92 Å². The third-order valence-corrected chi connectivity index (χ3v) is 9.32. The zero-order valence-electron chi connectivity index (χ0n) is 24.5. The molecule has 4 nitrogen and oxygen atoms in total. The van der Waals surface area contributed by atoms with Gasteiger partial charge < -0.3 is 0 Å². The van der Waals surface area contributed by atoms with E-state index >= 15 is 13.2 Å². The number of nitriles is 2. The number of hydrogen-bond acceptors (Lipinski definition) is 4. The number of rotatable bonds is 4. The van der Waals surface area contributed by atoms with Gasteiger partial charge in [0.2, 0.25) is 0 Å². The van der Waals surface area contributed by atoms with Gasteiger partial charge in [0, 0.05) is 16.2 Å². The summed E-state index contributed by atoms with van der Waals surface area (Å²) in [5.74, 6) is -0.364. The molecule has 0 heterocycles. The normalized spacial score (nSPS) is 14.1. The molecule has 0 aliphatic heterocycles. The van der Waals surface area contributed by atoms with Crippen molar-refractivity contribution in [3.8, 4) is 34.4 Å². The van der Waals surface area contributed by atoms with Crippen LogP contribution in [0.25, 0.3) is 43.1 Å². The van der Waals surface area contributed by atoms with Crippen LogP contribution in [0.4, 0.5) is 39.5 Å². The van der Waals surface area contributed by atoms with E-state index in [0.29, 0.717) is 5.57 Å². The maximum Gasteiger partial charge on any atom is 0.523 e. The number of hydrogen-bond donors (Lipinski definition) is 0. The van der Waals surface area contributed by atoms with Crippen LogP contribution in [0.3, 0.4) is 0 Å². The average molecular weight is 715 g/mol. The molecule has 0 amide bonds. The highest BCUT2D eigenvalue weighted by molar-refractivity contribution is 8.00. The van der Waals surface area contributed by atoms with E-state index in [4.69, 9.17) is 13.1 Å². The predicted molar refractivity (Wildman–Crippen MR) is 165 cm³/mol. The van der Waals surface area contributed by atoms with Gasteiger partial charge in [-0.15, -0.1) is 0 Å². The van der Waals surface area contributed by atoms with Crippen molar-refractivity contribution in [1.82, 2.24) is 0 Å². The molecule has 0 bridgehead atoms. The van der Waals surface area contributed by atoms with E-state index in [9.17, 15) is 36.9 Å². The van der Waals surface area contributed by atoms with Gasteiger partial charge in [-0.2, -0.15) is 59.7 Å². The van der Waals surface area contributed by atoms with Gasteiger partial charge in [-0.25, -0.2) is 0 Å². The molecule has 246 valence electrons. The van der Waals surface area contributed by atoms with Crippen molar-refractivity contribution in [3.05, 3.63) is 115 Å². The van der Waals surface area contributed by atoms with Crippen molar-refractivity contribution in [2.75, 3.05) is 0 Å². The second-order valence-electron chi connectivity index (χ2n) is 10.6. The van der Waals surface area contributed by atoms with Crippen molar-refractivity contribution < 1.29 is 39.5 Å². The number of halogens is 9. The molecule has 2 aliphatic rings. The monoisotopic (exact) mass is 714 g/mol. The summed E-state index contributed by atoms with van der Waals surface area (Å²) in [6.45, 7) is 16.6. The second kappa shape index (κ2) is 12.7. The van der Waals surface area contributed by atoms with Crippen LogP contribution in [0.5, 0.6) is 0 Å². The Morgan fingerprint density at radius 1 is 0.673 bits per heavy atom. The molecule has 3 aromatic carbocycles. The molecule has 0 radical (unpaired) electrons. The van der Waals surface area contributed by atoms with Crippen LogP contribution in [0, 0.1) is 35.8 Å². The quantitative estimate of drug-likeness (QED) is 0.117. The van der Waals surface area contributed by atoms with Crippen molar-refractivity contribution in [2.45, 2.75) is 46.7 Å². The summed E-state index contributed by atoms with van der Waals surface area (Å²) >= 11 is -0.829. The largest absolute Gasteiger partial charge is 0.523 e. The number of fused-ring (bicyclic) bond motifs is 2. The Morgan fingerprint density at radius 2 is 1.08 bits per heavy atom. The van der Waals surface area contributed by atoms with Crippen molar-refractivity contribution in [2.24, 2.45) is 0 Å². The maximum atomic E-state index is 15.1.